The van der Waals surface area contributed by atoms with Gasteiger partial charge in [0.25, 0.3) is 0 Å². The van der Waals surface area contributed by atoms with E-state index in [-0.39, 0.29) is 24.0 Å². The molecule has 1 amide bonds. The Hall–Kier alpha value is -2.12. The fraction of sp³-hybridized carbons (Fsp3) is 0.667. The SMILES string of the molecule is CNc1nc(NC(C(N)=O)C(C)C)nc(OC(C)C)n1. The van der Waals surface area contributed by atoms with Crippen LogP contribution in [0.15, 0.2) is 0 Å². The van der Waals surface area contributed by atoms with Gasteiger partial charge in [-0.15, -0.1) is 0 Å². The van der Waals surface area contributed by atoms with Crippen molar-refractivity contribution in [3.05, 3.63) is 0 Å². The molecular weight excluding hydrogens is 260 g/mol. The van der Waals surface area contributed by atoms with E-state index in [4.69, 9.17) is 10.5 Å². The Balaban J connectivity index is 3.01. The Morgan fingerprint density at radius 1 is 1.15 bits per heavy atom. The Labute approximate surface area is 118 Å². The molecule has 0 saturated carbocycles. The number of nitrogens with two attached hydrogens (primary N) is 1. The number of anilines is 2. The van der Waals surface area contributed by atoms with Gasteiger partial charge >= 0.3 is 6.01 Å². The maximum Gasteiger partial charge on any atom is 0.323 e. The number of hydrogen-bond acceptors (Lipinski definition) is 7. The Morgan fingerprint density at radius 3 is 2.20 bits per heavy atom. The van der Waals surface area contributed by atoms with Gasteiger partial charge in [-0.25, -0.2) is 0 Å². The lowest BCUT2D eigenvalue weighted by atomic mass is 10.0. The predicted octanol–water partition coefficient (Wildman–Crippen LogP) is 0.622. The summed E-state index contributed by atoms with van der Waals surface area (Å²) in [7, 11) is 1.69. The van der Waals surface area contributed by atoms with Crippen molar-refractivity contribution in [3.63, 3.8) is 0 Å². The lowest BCUT2D eigenvalue weighted by Gasteiger charge is -2.19. The number of aromatic nitrogens is 3. The molecule has 0 aliphatic carbocycles. The number of nitrogens with zero attached hydrogens (tertiary/aromatic N) is 3. The van der Waals surface area contributed by atoms with Crippen LogP contribution in [0.5, 0.6) is 6.01 Å². The highest BCUT2D eigenvalue weighted by atomic mass is 16.5. The molecule has 1 aromatic heterocycles. The number of nitrogens with one attached hydrogen (secondary N) is 2. The molecule has 0 fully saturated rings. The van der Waals surface area contributed by atoms with Gasteiger partial charge in [0.15, 0.2) is 0 Å². The molecule has 8 nitrogen and oxygen atoms in total. The lowest BCUT2D eigenvalue weighted by Crippen LogP contribution is -2.40. The minimum absolute atomic E-state index is 0.0109. The summed E-state index contributed by atoms with van der Waals surface area (Å²) < 4.78 is 5.44. The van der Waals surface area contributed by atoms with E-state index in [2.05, 4.69) is 25.6 Å². The molecule has 0 bridgehead atoms. The first kappa shape index (κ1) is 15.9. The summed E-state index contributed by atoms with van der Waals surface area (Å²) in [4.78, 5) is 23.7. The number of amides is 1. The van der Waals surface area contributed by atoms with E-state index in [0.29, 0.717) is 5.95 Å². The first-order valence-corrected chi connectivity index (χ1v) is 6.49. The summed E-state index contributed by atoms with van der Waals surface area (Å²) in [6.07, 6.45) is -0.0630. The molecule has 20 heavy (non-hydrogen) atoms. The van der Waals surface area contributed by atoms with Crippen LogP contribution in [-0.4, -0.2) is 40.1 Å². The summed E-state index contributed by atoms with van der Waals surface area (Å²) in [6, 6.07) is -0.372. The van der Waals surface area contributed by atoms with Crippen LogP contribution >= 0.6 is 0 Å². The maximum absolute atomic E-state index is 11.4. The topological polar surface area (TPSA) is 115 Å². The van der Waals surface area contributed by atoms with E-state index in [1.807, 2.05) is 27.7 Å². The second kappa shape index (κ2) is 6.88. The van der Waals surface area contributed by atoms with E-state index in [9.17, 15) is 4.79 Å². The molecule has 1 aromatic rings. The van der Waals surface area contributed by atoms with E-state index in [0.717, 1.165) is 0 Å². The molecule has 112 valence electrons. The van der Waals surface area contributed by atoms with E-state index < -0.39 is 11.9 Å². The Kier molecular flexibility index (Phi) is 5.48. The van der Waals surface area contributed by atoms with Crippen molar-refractivity contribution in [3.8, 4) is 6.01 Å². The van der Waals surface area contributed by atoms with Gasteiger partial charge in [0, 0.05) is 7.05 Å². The van der Waals surface area contributed by atoms with Crippen molar-refractivity contribution < 1.29 is 9.53 Å². The molecule has 0 aromatic carbocycles. The normalized spacial score (nSPS) is 12.3. The lowest BCUT2D eigenvalue weighted by molar-refractivity contribution is -0.119. The molecule has 1 heterocycles. The van der Waals surface area contributed by atoms with Gasteiger partial charge in [-0.2, -0.15) is 15.0 Å². The highest BCUT2D eigenvalue weighted by Crippen LogP contribution is 2.14. The minimum Gasteiger partial charge on any atom is -0.461 e. The van der Waals surface area contributed by atoms with Gasteiger partial charge in [0.1, 0.15) is 6.04 Å². The third kappa shape index (κ3) is 4.52. The second-order valence-corrected chi connectivity index (χ2v) is 4.95. The van der Waals surface area contributed by atoms with Crippen molar-refractivity contribution in [2.24, 2.45) is 11.7 Å². The Bertz CT molecular complexity index is 463. The van der Waals surface area contributed by atoms with Crippen molar-refractivity contribution in [1.82, 2.24) is 15.0 Å². The van der Waals surface area contributed by atoms with Crippen LogP contribution in [0.1, 0.15) is 27.7 Å². The number of hydrogen-bond donors (Lipinski definition) is 3. The van der Waals surface area contributed by atoms with Crippen LogP contribution in [0.4, 0.5) is 11.9 Å². The number of rotatable bonds is 7. The van der Waals surface area contributed by atoms with Crippen molar-refractivity contribution in [2.45, 2.75) is 39.8 Å². The standard InChI is InChI=1S/C12H22N6O2/c1-6(2)8(9(13)19)15-11-16-10(14-5)17-12(18-11)20-7(3)4/h6-8H,1-5H3,(H2,13,19)(H2,14,15,16,17,18). The molecule has 8 heteroatoms. The molecular formula is C12H22N6O2. The van der Waals surface area contributed by atoms with Crippen LogP contribution in [-0.2, 0) is 4.79 Å². The van der Waals surface area contributed by atoms with Gasteiger partial charge < -0.3 is 21.1 Å². The predicted molar refractivity (Wildman–Crippen MR) is 76.6 cm³/mol. The molecule has 0 radical (unpaired) electrons. The fourth-order valence-electron chi connectivity index (χ4n) is 1.50. The zero-order chi connectivity index (χ0) is 15.3. The molecule has 4 N–H and O–H groups in total. The summed E-state index contributed by atoms with van der Waals surface area (Å²) in [5, 5.41) is 5.72. The van der Waals surface area contributed by atoms with Gasteiger partial charge in [-0.1, -0.05) is 13.8 Å². The third-order valence-corrected chi connectivity index (χ3v) is 2.44. The summed E-state index contributed by atoms with van der Waals surface area (Å²) in [5.74, 6) is 0.150. The number of ether oxygens (including phenoxy) is 1. The monoisotopic (exact) mass is 282 g/mol. The molecule has 0 aliphatic heterocycles. The van der Waals surface area contributed by atoms with Gasteiger partial charge in [-0.05, 0) is 19.8 Å². The number of primary amides is 1. The van der Waals surface area contributed by atoms with E-state index in [1.54, 1.807) is 7.05 Å². The van der Waals surface area contributed by atoms with Crippen LogP contribution in [0.3, 0.4) is 0 Å². The zero-order valence-electron chi connectivity index (χ0n) is 12.5. The molecule has 0 saturated heterocycles. The van der Waals surface area contributed by atoms with Crippen LogP contribution < -0.4 is 21.1 Å². The number of carbonyl (C=O) groups excluding carboxylic acids is 1. The maximum atomic E-state index is 11.4. The fourth-order valence-corrected chi connectivity index (χ4v) is 1.50. The smallest absolute Gasteiger partial charge is 0.323 e. The minimum atomic E-state index is -0.561. The number of carbonyl (C=O) groups is 1. The molecule has 0 aliphatic rings. The average Bonchev–Trinajstić information content (AvgIpc) is 2.34. The molecule has 1 atom stereocenters. The molecule has 1 rings (SSSR count). The van der Waals surface area contributed by atoms with E-state index in [1.165, 1.54) is 0 Å². The average molecular weight is 282 g/mol. The molecule has 0 spiro atoms. The van der Waals surface area contributed by atoms with Crippen molar-refractivity contribution >= 4 is 17.8 Å². The zero-order valence-corrected chi connectivity index (χ0v) is 12.5. The Morgan fingerprint density at radius 2 is 1.75 bits per heavy atom. The van der Waals surface area contributed by atoms with Crippen molar-refractivity contribution in [1.29, 1.82) is 0 Å². The van der Waals surface area contributed by atoms with Crippen LogP contribution in [0.25, 0.3) is 0 Å². The van der Waals surface area contributed by atoms with Gasteiger partial charge in [0.2, 0.25) is 17.8 Å². The first-order chi connectivity index (χ1) is 9.33. The van der Waals surface area contributed by atoms with Crippen LogP contribution in [0.2, 0.25) is 0 Å². The first-order valence-electron chi connectivity index (χ1n) is 6.49. The summed E-state index contributed by atoms with van der Waals surface area (Å²) in [6.45, 7) is 7.51. The molecule has 1 unspecified atom stereocenters. The highest BCUT2D eigenvalue weighted by molar-refractivity contribution is 5.82. The largest absolute Gasteiger partial charge is 0.461 e. The van der Waals surface area contributed by atoms with E-state index >= 15 is 0 Å². The highest BCUT2D eigenvalue weighted by Gasteiger charge is 2.21. The van der Waals surface area contributed by atoms with Crippen molar-refractivity contribution in [2.75, 3.05) is 17.7 Å². The van der Waals surface area contributed by atoms with Gasteiger partial charge in [-0.3, -0.25) is 4.79 Å². The summed E-state index contributed by atoms with van der Waals surface area (Å²) >= 11 is 0. The summed E-state index contributed by atoms with van der Waals surface area (Å²) in [5.41, 5.74) is 5.36. The van der Waals surface area contributed by atoms with Crippen LogP contribution in [0, 0.1) is 5.92 Å². The third-order valence-electron chi connectivity index (χ3n) is 2.44. The quantitative estimate of drug-likeness (QED) is 0.671. The van der Waals surface area contributed by atoms with Gasteiger partial charge in [0.05, 0.1) is 6.10 Å². The second-order valence-electron chi connectivity index (χ2n) is 4.95.